The van der Waals surface area contributed by atoms with Crippen LogP contribution < -0.4 is 15.5 Å². The SMILES string of the molecule is Cc1ccc(N2CC(C(=O)NCC(=O)Nc3ccc(F)c(F)c3F)CC2=O)cc1. The van der Waals surface area contributed by atoms with Gasteiger partial charge in [0, 0.05) is 18.7 Å². The Labute approximate surface area is 164 Å². The Balaban J connectivity index is 1.54. The van der Waals surface area contributed by atoms with Crippen molar-refractivity contribution in [1.82, 2.24) is 5.32 Å². The molecule has 1 saturated heterocycles. The van der Waals surface area contributed by atoms with E-state index < -0.39 is 47.4 Å². The molecule has 3 amide bonds. The molecule has 2 N–H and O–H groups in total. The number of carbonyl (C=O) groups is 3. The third kappa shape index (κ3) is 4.56. The van der Waals surface area contributed by atoms with E-state index in [1.165, 1.54) is 4.90 Å². The molecule has 0 bridgehead atoms. The van der Waals surface area contributed by atoms with Crippen molar-refractivity contribution in [1.29, 1.82) is 0 Å². The summed E-state index contributed by atoms with van der Waals surface area (Å²) >= 11 is 0. The predicted octanol–water partition coefficient (Wildman–Crippen LogP) is 2.52. The van der Waals surface area contributed by atoms with Crippen molar-refractivity contribution in [2.75, 3.05) is 23.3 Å². The first kappa shape index (κ1) is 20.4. The van der Waals surface area contributed by atoms with Crippen LogP contribution in [0.2, 0.25) is 0 Å². The van der Waals surface area contributed by atoms with Gasteiger partial charge in [0.15, 0.2) is 17.5 Å². The van der Waals surface area contributed by atoms with Gasteiger partial charge in [-0.25, -0.2) is 13.2 Å². The topological polar surface area (TPSA) is 78.5 Å². The largest absolute Gasteiger partial charge is 0.347 e. The molecule has 2 aromatic carbocycles. The minimum absolute atomic E-state index is 0.000863. The molecule has 0 aliphatic carbocycles. The molecule has 0 spiro atoms. The number of amides is 3. The smallest absolute Gasteiger partial charge is 0.243 e. The van der Waals surface area contributed by atoms with Crippen molar-refractivity contribution in [3.63, 3.8) is 0 Å². The molecule has 1 unspecified atom stereocenters. The minimum Gasteiger partial charge on any atom is -0.347 e. The van der Waals surface area contributed by atoms with E-state index in [1.807, 2.05) is 19.1 Å². The van der Waals surface area contributed by atoms with E-state index in [1.54, 1.807) is 12.1 Å². The van der Waals surface area contributed by atoms with E-state index in [9.17, 15) is 27.6 Å². The zero-order valence-corrected chi connectivity index (χ0v) is 15.5. The first-order valence-electron chi connectivity index (χ1n) is 8.84. The lowest BCUT2D eigenvalue weighted by Gasteiger charge is -2.17. The number of carbonyl (C=O) groups excluding carboxylic acids is 3. The number of anilines is 2. The Morgan fingerprint density at radius 2 is 1.76 bits per heavy atom. The molecule has 29 heavy (non-hydrogen) atoms. The normalized spacial score (nSPS) is 16.1. The molecular weight excluding hydrogens is 387 g/mol. The van der Waals surface area contributed by atoms with E-state index in [0.717, 1.165) is 11.6 Å². The maximum absolute atomic E-state index is 13.6. The van der Waals surface area contributed by atoms with Crippen LogP contribution in [0.5, 0.6) is 0 Å². The van der Waals surface area contributed by atoms with Crippen molar-refractivity contribution >= 4 is 29.1 Å². The molecule has 1 aliphatic heterocycles. The summed E-state index contributed by atoms with van der Waals surface area (Å²) in [5.41, 5.74) is 1.19. The Hall–Kier alpha value is -3.36. The van der Waals surface area contributed by atoms with Gasteiger partial charge < -0.3 is 15.5 Å². The van der Waals surface area contributed by atoms with Gasteiger partial charge in [0.1, 0.15) is 0 Å². The van der Waals surface area contributed by atoms with Crippen molar-refractivity contribution in [2.24, 2.45) is 5.92 Å². The number of nitrogens with zero attached hydrogens (tertiary/aromatic N) is 1. The van der Waals surface area contributed by atoms with E-state index in [4.69, 9.17) is 0 Å². The average Bonchev–Trinajstić information content (AvgIpc) is 3.09. The van der Waals surface area contributed by atoms with E-state index in [2.05, 4.69) is 10.6 Å². The van der Waals surface area contributed by atoms with Crippen LogP contribution in [0.3, 0.4) is 0 Å². The summed E-state index contributed by atoms with van der Waals surface area (Å²) in [5.74, 6) is -6.78. The zero-order chi connectivity index (χ0) is 21.1. The van der Waals surface area contributed by atoms with Gasteiger partial charge in [-0.1, -0.05) is 17.7 Å². The fourth-order valence-electron chi connectivity index (χ4n) is 2.99. The lowest BCUT2D eigenvalue weighted by atomic mass is 10.1. The maximum atomic E-state index is 13.6. The Bertz CT molecular complexity index is 963. The molecular formula is C20H18F3N3O3. The molecule has 2 aromatic rings. The fraction of sp³-hybridized carbons (Fsp3) is 0.250. The van der Waals surface area contributed by atoms with Gasteiger partial charge in [-0.3, -0.25) is 14.4 Å². The summed E-state index contributed by atoms with van der Waals surface area (Å²) in [4.78, 5) is 37.9. The average molecular weight is 405 g/mol. The summed E-state index contributed by atoms with van der Waals surface area (Å²) in [5, 5.41) is 4.43. The number of aryl methyl sites for hydroxylation is 1. The second-order valence-corrected chi connectivity index (χ2v) is 6.73. The lowest BCUT2D eigenvalue weighted by molar-refractivity contribution is -0.127. The second-order valence-electron chi connectivity index (χ2n) is 6.73. The van der Waals surface area contributed by atoms with Gasteiger partial charge in [0.2, 0.25) is 17.7 Å². The highest BCUT2D eigenvalue weighted by molar-refractivity contribution is 6.01. The summed E-state index contributed by atoms with van der Waals surface area (Å²) in [6.45, 7) is 1.59. The first-order valence-corrected chi connectivity index (χ1v) is 8.84. The van der Waals surface area contributed by atoms with E-state index in [-0.39, 0.29) is 18.9 Å². The van der Waals surface area contributed by atoms with Gasteiger partial charge in [0.25, 0.3) is 0 Å². The number of halogens is 3. The molecule has 152 valence electrons. The standard InChI is InChI=1S/C20H18F3N3O3/c1-11-2-4-13(5-3-11)26-10-12(8-17(26)28)20(29)24-9-16(27)25-15-7-6-14(21)18(22)19(15)23/h2-7,12H,8-10H2,1H3,(H,24,29)(H,25,27). The third-order valence-electron chi connectivity index (χ3n) is 4.57. The lowest BCUT2D eigenvalue weighted by Crippen LogP contribution is -2.38. The van der Waals surface area contributed by atoms with Crippen LogP contribution in [0.25, 0.3) is 0 Å². The highest BCUT2D eigenvalue weighted by atomic mass is 19.2. The van der Waals surface area contributed by atoms with Crippen molar-refractivity contribution < 1.29 is 27.6 Å². The number of benzene rings is 2. The molecule has 6 nitrogen and oxygen atoms in total. The molecule has 0 aromatic heterocycles. The molecule has 1 atom stereocenters. The van der Waals surface area contributed by atoms with Crippen LogP contribution in [-0.4, -0.2) is 30.8 Å². The summed E-state index contributed by atoms with van der Waals surface area (Å²) < 4.78 is 39.7. The van der Waals surface area contributed by atoms with Crippen LogP contribution in [0.15, 0.2) is 36.4 Å². The number of nitrogens with one attached hydrogen (secondary N) is 2. The van der Waals surface area contributed by atoms with Crippen LogP contribution in [0.1, 0.15) is 12.0 Å². The van der Waals surface area contributed by atoms with Gasteiger partial charge >= 0.3 is 0 Å². The molecule has 0 saturated carbocycles. The molecule has 0 radical (unpaired) electrons. The predicted molar refractivity (Wildman–Crippen MR) is 99.6 cm³/mol. The van der Waals surface area contributed by atoms with Gasteiger partial charge in [0.05, 0.1) is 18.2 Å². The Kier molecular flexibility index (Phi) is 5.86. The fourth-order valence-corrected chi connectivity index (χ4v) is 2.99. The minimum atomic E-state index is -1.70. The highest BCUT2D eigenvalue weighted by Crippen LogP contribution is 2.25. The summed E-state index contributed by atoms with van der Waals surface area (Å²) in [6.07, 6.45) is -0.000863. The van der Waals surface area contributed by atoms with Crippen molar-refractivity contribution in [2.45, 2.75) is 13.3 Å². The molecule has 9 heteroatoms. The highest BCUT2D eigenvalue weighted by Gasteiger charge is 2.35. The Morgan fingerprint density at radius 3 is 2.45 bits per heavy atom. The van der Waals surface area contributed by atoms with Crippen LogP contribution >= 0.6 is 0 Å². The Morgan fingerprint density at radius 1 is 1.07 bits per heavy atom. The second kappa shape index (κ2) is 8.34. The van der Waals surface area contributed by atoms with E-state index in [0.29, 0.717) is 11.8 Å². The van der Waals surface area contributed by atoms with Crippen LogP contribution in [-0.2, 0) is 14.4 Å². The van der Waals surface area contributed by atoms with Crippen molar-refractivity contribution in [3.05, 3.63) is 59.4 Å². The zero-order valence-electron chi connectivity index (χ0n) is 15.5. The monoisotopic (exact) mass is 405 g/mol. The molecule has 3 rings (SSSR count). The molecule has 1 heterocycles. The van der Waals surface area contributed by atoms with Gasteiger partial charge in [-0.05, 0) is 31.2 Å². The molecule has 1 aliphatic rings. The molecule has 1 fully saturated rings. The number of rotatable bonds is 5. The van der Waals surface area contributed by atoms with Gasteiger partial charge in [-0.15, -0.1) is 0 Å². The van der Waals surface area contributed by atoms with Crippen molar-refractivity contribution in [3.8, 4) is 0 Å². The number of hydrogen-bond acceptors (Lipinski definition) is 3. The van der Waals surface area contributed by atoms with Crippen LogP contribution in [0.4, 0.5) is 24.5 Å². The first-order chi connectivity index (χ1) is 13.8. The summed E-state index contributed by atoms with van der Waals surface area (Å²) in [6, 6.07) is 8.85. The van der Waals surface area contributed by atoms with Gasteiger partial charge in [-0.2, -0.15) is 0 Å². The van der Waals surface area contributed by atoms with Crippen LogP contribution in [0, 0.1) is 30.3 Å². The summed E-state index contributed by atoms with van der Waals surface area (Å²) in [7, 11) is 0. The maximum Gasteiger partial charge on any atom is 0.243 e. The third-order valence-corrected chi connectivity index (χ3v) is 4.57. The number of hydrogen-bond donors (Lipinski definition) is 2. The quantitative estimate of drug-likeness (QED) is 0.751. The van der Waals surface area contributed by atoms with E-state index >= 15 is 0 Å².